The Hall–Kier alpha value is -1.21. The van der Waals surface area contributed by atoms with E-state index in [2.05, 4.69) is 21.2 Å². The van der Waals surface area contributed by atoms with E-state index in [0.29, 0.717) is 0 Å². The van der Waals surface area contributed by atoms with Gasteiger partial charge in [-0.2, -0.15) is 4.37 Å². The molecule has 1 aliphatic rings. The lowest BCUT2D eigenvalue weighted by molar-refractivity contribution is -0.142. The van der Waals surface area contributed by atoms with E-state index < -0.39 is 12.0 Å². The molecule has 106 valence electrons. The second kappa shape index (κ2) is 6.29. The average molecular weight is 284 g/mol. The zero-order chi connectivity index (χ0) is 13.8. The van der Waals surface area contributed by atoms with Gasteiger partial charge in [0.1, 0.15) is 11.9 Å². The van der Waals surface area contributed by atoms with Crippen molar-refractivity contribution >= 4 is 22.6 Å². The van der Waals surface area contributed by atoms with E-state index in [1.165, 1.54) is 11.5 Å². The summed E-state index contributed by atoms with van der Waals surface area (Å²) in [5.41, 5.74) is 0. The van der Waals surface area contributed by atoms with E-state index in [1.807, 2.05) is 4.90 Å². The maximum atomic E-state index is 10.9. The molecule has 0 aromatic carbocycles. The summed E-state index contributed by atoms with van der Waals surface area (Å²) in [5.74, 6) is 0.165. The number of hydrogen-bond donors (Lipinski definition) is 1. The predicted molar refractivity (Wildman–Crippen MR) is 74.8 cm³/mol. The normalized spacial score (nSPS) is 18.5. The molecule has 7 heteroatoms. The van der Waals surface area contributed by atoms with Crippen molar-refractivity contribution in [3.63, 3.8) is 0 Å². The minimum absolute atomic E-state index is 0.410. The van der Waals surface area contributed by atoms with E-state index in [-0.39, 0.29) is 0 Å². The first-order valence-electron chi connectivity index (χ1n) is 6.66. The SMILES string of the molecule is CCCc1nsc(N2CCN(C(C)C(=O)O)CC2)n1. The number of rotatable bonds is 5. The van der Waals surface area contributed by atoms with Gasteiger partial charge < -0.3 is 10.0 Å². The molecule has 1 aliphatic heterocycles. The van der Waals surface area contributed by atoms with Crippen LogP contribution in [0.1, 0.15) is 26.1 Å². The molecule has 1 N–H and O–H groups in total. The molecule has 0 aliphatic carbocycles. The third-order valence-electron chi connectivity index (χ3n) is 3.42. The zero-order valence-electron chi connectivity index (χ0n) is 11.4. The molecule has 1 saturated heterocycles. The summed E-state index contributed by atoms with van der Waals surface area (Å²) < 4.78 is 4.34. The van der Waals surface area contributed by atoms with Gasteiger partial charge in [-0.3, -0.25) is 9.69 Å². The second-order valence-corrected chi connectivity index (χ2v) is 5.51. The summed E-state index contributed by atoms with van der Waals surface area (Å²) >= 11 is 1.44. The van der Waals surface area contributed by atoms with E-state index >= 15 is 0 Å². The summed E-state index contributed by atoms with van der Waals surface area (Å²) in [6.45, 7) is 7.01. The fourth-order valence-corrected chi connectivity index (χ4v) is 2.92. The Morgan fingerprint density at radius 1 is 1.42 bits per heavy atom. The average Bonchev–Trinajstić information content (AvgIpc) is 2.87. The fourth-order valence-electron chi connectivity index (χ4n) is 2.16. The van der Waals surface area contributed by atoms with Crippen LogP contribution >= 0.6 is 11.5 Å². The summed E-state index contributed by atoms with van der Waals surface area (Å²) in [6, 6.07) is -0.410. The number of anilines is 1. The summed E-state index contributed by atoms with van der Waals surface area (Å²) in [6.07, 6.45) is 1.98. The van der Waals surface area contributed by atoms with Crippen molar-refractivity contribution in [3.05, 3.63) is 5.82 Å². The van der Waals surface area contributed by atoms with Gasteiger partial charge in [0, 0.05) is 44.1 Å². The van der Waals surface area contributed by atoms with Crippen LogP contribution in [-0.2, 0) is 11.2 Å². The molecule has 1 fully saturated rings. The van der Waals surface area contributed by atoms with Crippen LogP contribution in [0.25, 0.3) is 0 Å². The number of aliphatic carboxylic acids is 1. The minimum atomic E-state index is -0.755. The molecule has 0 bridgehead atoms. The van der Waals surface area contributed by atoms with E-state index in [9.17, 15) is 4.79 Å². The Bertz CT molecular complexity index is 429. The summed E-state index contributed by atoms with van der Waals surface area (Å²) in [5, 5.41) is 9.97. The fraction of sp³-hybridized carbons (Fsp3) is 0.750. The van der Waals surface area contributed by atoms with Gasteiger partial charge in [0.25, 0.3) is 0 Å². The van der Waals surface area contributed by atoms with Crippen LogP contribution in [0.15, 0.2) is 0 Å². The number of nitrogens with zero attached hydrogens (tertiary/aromatic N) is 4. The molecule has 1 unspecified atom stereocenters. The molecule has 0 spiro atoms. The van der Waals surface area contributed by atoms with Crippen LogP contribution < -0.4 is 4.90 Å². The first kappa shape index (κ1) is 14.2. The van der Waals surface area contributed by atoms with Crippen LogP contribution in [0, 0.1) is 0 Å². The molecule has 6 nitrogen and oxygen atoms in total. The van der Waals surface area contributed by atoms with Crippen LogP contribution in [-0.4, -0.2) is 57.6 Å². The maximum Gasteiger partial charge on any atom is 0.320 e. The first-order valence-corrected chi connectivity index (χ1v) is 7.43. The maximum absolute atomic E-state index is 10.9. The van der Waals surface area contributed by atoms with Crippen LogP contribution in [0.3, 0.4) is 0 Å². The second-order valence-electron chi connectivity index (χ2n) is 4.78. The standard InChI is InChI=1S/C12H20N4O2S/c1-3-4-10-13-12(19-14-10)16-7-5-15(6-8-16)9(2)11(17)18/h9H,3-8H2,1-2H3,(H,17,18). The van der Waals surface area contributed by atoms with Gasteiger partial charge >= 0.3 is 5.97 Å². The van der Waals surface area contributed by atoms with Crippen LogP contribution in [0.4, 0.5) is 5.13 Å². The van der Waals surface area contributed by atoms with Crippen molar-refractivity contribution in [2.75, 3.05) is 31.1 Å². The van der Waals surface area contributed by atoms with E-state index in [4.69, 9.17) is 5.11 Å². The molecule has 0 amide bonds. The van der Waals surface area contributed by atoms with Crippen molar-refractivity contribution in [3.8, 4) is 0 Å². The Kier molecular flexibility index (Phi) is 4.71. The third-order valence-corrected chi connectivity index (χ3v) is 4.24. The lowest BCUT2D eigenvalue weighted by Crippen LogP contribution is -2.51. The molecule has 0 radical (unpaired) electrons. The number of aryl methyl sites for hydroxylation is 1. The summed E-state index contributed by atoms with van der Waals surface area (Å²) in [4.78, 5) is 19.7. The molecule has 0 saturated carbocycles. The molecule has 19 heavy (non-hydrogen) atoms. The van der Waals surface area contributed by atoms with E-state index in [1.54, 1.807) is 6.92 Å². The highest BCUT2D eigenvalue weighted by molar-refractivity contribution is 7.09. The van der Waals surface area contributed by atoms with Crippen LogP contribution in [0.5, 0.6) is 0 Å². The Morgan fingerprint density at radius 3 is 2.68 bits per heavy atom. The van der Waals surface area contributed by atoms with Crippen molar-refractivity contribution in [1.82, 2.24) is 14.3 Å². The van der Waals surface area contributed by atoms with Crippen LogP contribution in [0.2, 0.25) is 0 Å². The Balaban J connectivity index is 1.90. The van der Waals surface area contributed by atoms with Gasteiger partial charge in [0.05, 0.1) is 0 Å². The first-order chi connectivity index (χ1) is 9.11. The molecule has 1 aromatic rings. The van der Waals surface area contributed by atoms with E-state index in [0.717, 1.165) is 50.0 Å². The highest BCUT2D eigenvalue weighted by Gasteiger charge is 2.26. The quantitative estimate of drug-likeness (QED) is 0.872. The van der Waals surface area contributed by atoms with Gasteiger partial charge in [-0.25, -0.2) is 4.98 Å². The summed E-state index contributed by atoms with van der Waals surface area (Å²) in [7, 11) is 0. The number of piperazine rings is 1. The topological polar surface area (TPSA) is 69.6 Å². The van der Waals surface area contributed by atoms with Gasteiger partial charge in [-0.15, -0.1) is 0 Å². The number of aromatic nitrogens is 2. The lowest BCUT2D eigenvalue weighted by atomic mass is 10.2. The Morgan fingerprint density at radius 2 is 2.11 bits per heavy atom. The van der Waals surface area contributed by atoms with Crippen molar-refractivity contribution in [2.24, 2.45) is 0 Å². The monoisotopic (exact) mass is 284 g/mol. The lowest BCUT2D eigenvalue weighted by Gasteiger charge is -2.36. The minimum Gasteiger partial charge on any atom is -0.480 e. The van der Waals surface area contributed by atoms with Gasteiger partial charge in [0.2, 0.25) is 5.13 Å². The molecule has 2 heterocycles. The molecule has 1 aromatic heterocycles. The smallest absolute Gasteiger partial charge is 0.320 e. The number of hydrogen-bond acceptors (Lipinski definition) is 6. The zero-order valence-corrected chi connectivity index (χ0v) is 12.2. The Labute approximate surface area is 117 Å². The molecule has 2 rings (SSSR count). The molecular weight excluding hydrogens is 264 g/mol. The predicted octanol–water partition coefficient (Wildman–Crippen LogP) is 1.09. The van der Waals surface area contributed by atoms with Gasteiger partial charge in [-0.05, 0) is 13.3 Å². The largest absolute Gasteiger partial charge is 0.480 e. The third kappa shape index (κ3) is 3.42. The number of carbonyl (C=O) groups is 1. The number of carboxylic acid groups (broad SMARTS) is 1. The van der Waals surface area contributed by atoms with Crippen molar-refractivity contribution in [2.45, 2.75) is 32.7 Å². The van der Waals surface area contributed by atoms with Crippen molar-refractivity contribution in [1.29, 1.82) is 0 Å². The highest BCUT2D eigenvalue weighted by atomic mass is 32.1. The molecular formula is C12H20N4O2S. The molecule has 1 atom stereocenters. The number of carboxylic acids is 1. The van der Waals surface area contributed by atoms with Gasteiger partial charge in [-0.1, -0.05) is 6.92 Å². The van der Waals surface area contributed by atoms with Crippen molar-refractivity contribution < 1.29 is 9.90 Å². The highest BCUT2D eigenvalue weighted by Crippen LogP contribution is 2.20. The van der Waals surface area contributed by atoms with Gasteiger partial charge in [0.15, 0.2) is 0 Å².